The van der Waals surface area contributed by atoms with Crippen LogP contribution in [0.25, 0.3) is 5.52 Å². The summed E-state index contributed by atoms with van der Waals surface area (Å²) in [6, 6.07) is 9.81. The number of fused-ring (bicyclic) bond motifs is 1. The topological polar surface area (TPSA) is 94.6 Å². The molecule has 2 unspecified atom stereocenters. The van der Waals surface area contributed by atoms with Gasteiger partial charge in [0.15, 0.2) is 12.0 Å². The van der Waals surface area contributed by atoms with Crippen LogP contribution < -0.4 is 10.2 Å². The Kier molecular flexibility index (Phi) is 4.74. The van der Waals surface area contributed by atoms with E-state index in [0.29, 0.717) is 25.1 Å². The molecule has 2 aliphatic heterocycles. The Morgan fingerprint density at radius 1 is 1.26 bits per heavy atom. The molecule has 158 valence electrons. The Balaban J connectivity index is 1.31. The molecule has 1 fully saturated rings. The number of anilines is 1. The van der Waals surface area contributed by atoms with Crippen molar-refractivity contribution in [1.29, 1.82) is 0 Å². The summed E-state index contributed by atoms with van der Waals surface area (Å²) in [5.41, 5.74) is 1.06. The fourth-order valence-electron chi connectivity index (χ4n) is 4.08. The lowest BCUT2D eigenvalue weighted by Crippen LogP contribution is -2.55. The van der Waals surface area contributed by atoms with Crippen molar-refractivity contribution in [3.8, 4) is 0 Å². The molecule has 4 heterocycles. The summed E-state index contributed by atoms with van der Waals surface area (Å²) < 4.78 is 15.1. The van der Waals surface area contributed by atoms with Crippen LogP contribution in [-0.4, -0.2) is 57.6 Å². The molecule has 2 atom stereocenters. The van der Waals surface area contributed by atoms with Gasteiger partial charge < -0.3 is 19.7 Å². The summed E-state index contributed by atoms with van der Waals surface area (Å²) in [5, 5.41) is 13.1. The van der Waals surface area contributed by atoms with Crippen LogP contribution in [0.15, 0.2) is 65.0 Å². The molecule has 5 rings (SSSR count). The second kappa shape index (κ2) is 7.59. The Hall–Kier alpha value is -3.59. The van der Waals surface area contributed by atoms with Crippen molar-refractivity contribution >= 4 is 29.2 Å². The number of nitrogens with zero attached hydrogens (tertiary/aromatic N) is 5. The van der Waals surface area contributed by atoms with Gasteiger partial charge in [-0.25, -0.2) is 14.4 Å². The Bertz CT molecular complexity index is 1190. The van der Waals surface area contributed by atoms with Crippen LogP contribution in [0.2, 0.25) is 0 Å². The zero-order chi connectivity index (χ0) is 21.4. The highest BCUT2D eigenvalue weighted by Gasteiger charge is 2.41. The van der Waals surface area contributed by atoms with E-state index in [1.54, 1.807) is 18.3 Å². The number of carbonyl (C=O) groups is 1. The van der Waals surface area contributed by atoms with Gasteiger partial charge >= 0.3 is 0 Å². The first-order valence-electron chi connectivity index (χ1n) is 10.0. The fraction of sp³-hybridized carbons (Fsp3) is 0.273. The molecule has 1 saturated heterocycles. The van der Waals surface area contributed by atoms with Crippen LogP contribution in [0, 0.1) is 5.82 Å². The normalized spacial score (nSPS) is 22.8. The molecule has 0 spiro atoms. The number of aromatic nitrogens is 2. The lowest BCUT2D eigenvalue weighted by atomic mass is 9.99. The average molecular weight is 420 g/mol. The predicted molar refractivity (Wildman–Crippen MR) is 115 cm³/mol. The zero-order valence-corrected chi connectivity index (χ0v) is 16.6. The summed E-state index contributed by atoms with van der Waals surface area (Å²) in [6.45, 7) is 0.877. The van der Waals surface area contributed by atoms with Gasteiger partial charge in [-0.05, 0) is 36.2 Å². The second-order valence-electron chi connectivity index (χ2n) is 7.83. The molecule has 1 amide bonds. The second-order valence-corrected chi connectivity index (χ2v) is 7.83. The van der Waals surface area contributed by atoms with Crippen molar-refractivity contribution < 1.29 is 14.3 Å². The van der Waals surface area contributed by atoms with Crippen molar-refractivity contribution in [2.75, 3.05) is 24.6 Å². The largest absolute Gasteiger partial charge is 0.394 e. The van der Waals surface area contributed by atoms with Crippen molar-refractivity contribution in [3.05, 3.63) is 66.4 Å². The molecule has 8 nitrogen and oxygen atoms in total. The van der Waals surface area contributed by atoms with E-state index in [0.717, 1.165) is 11.3 Å². The summed E-state index contributed by atoms with van der Waals surface area (Å²) in [5.74, 6) is 0.0833. The van der Waals surface area contributed by atoms with Crippen LogP contribution in [0.4, 0.5) is 10.2 Å². The molecule has 2 N–H and O–H groups in total. The molecule has 0 aliphatic carbocycles. The highest BCUT2D eigenvalue weighted by molar-refractivity contribution is 6.61. The van der Waals surface area contributed by atoms with Gasteiger partial charge in [-0.1, -0.05) is 12.1 Å². The van der Waals surface area contributed by atoms with E-state index < -0.39 is 17.6 Å². The van der Waals surface area contributed by atoms with Gasteiger partial charge in [-0.2, -0.15) is 0 Å². The summed E-state index contributed by atoms with van der Waals surface area (Å²) in [7, 11) is 0. The molecular weight excluding hydrogens is 399 g/mol. The first kappa shape index (κ1) is 19.4. The maximum Gasteiger partial charge on any atom is 0.271 e. The van der Waals surface area contributed by atoms with Crippen molar-refractivity contribution in [2.45, 2.75) is 18.1 Å². The van der Waals surface area contributed by atoms with Gasteiger partial charge in [0, 0.05) is 31.7 Å². The molecule has 3 aromatic rings. The highest BCUT2D eigenvalue weighted by atomic mass is 19.1. The monoisotopic (exact) mass is 420 g/mol. The molecule has 0 radical (unpaired) electrons. The van der Waals surface area contributed by atoms with Crippen molar-refractivity contribution in [1.82, 2.24) is 14.7 Å². The first-order chi connectivity index (χ1) is 15.1. The minimum atomic E-state index is -0.803. The Morgan fingerprint density at radius 2 is 2.10 bits per heavy atom. The highest BCUT2D eigenvalue weighted by Crippen LogP contribution is 2.29. The van der Waals surface area contributed by atoms with Crippen LogP contribution in [0.3, 0.4) is 0 Å². The predicted octanol–water partition coefficient (Wildman–Crippen LogP) is 1.75. The molecular formula is C22H21FN6O2. The minimum Gasteiger partial charge on any atom is -0.394 e. The maximum atomic E-state index is 13.1. The third-order valence-electron chi connectivity index (χ3n) is 5.77. The number of benzene rings is 1. The van der Waals surface area contributed by atoms with Gasteiger partial charge in [0.2, 0.25) is 0 Å². The van der Waals surface area contributed by atoms with Gasteiger partial charge in [0.05, 0.1) is 23.9 Å². The van der Waals surface area contributed by atoms with E-state index in [2.05, 4.69) is 25.2 Å². The van der Waals surface area contributed by atoms with E-state index >= 15 is 0 Å². The van der Waals surface area contributed by atoms with E-state index in [4.69, 9.17) is 0 Å². The molecule has 9 heteroatoms. The third-order valence-corrected chi connectivity index (χ3v) is 5.77. The fourth-order valence-corrected chi connectivity index (χ4v) is 4.08. The van der Waals surface area contributed by atoms with Crippen LogP contribution in [-0.2, 0) is 4.79 Å². The number of hydrogen-bond acceptors (Lipinski definition) is 6. The molecule has 31 heavy (non-hydrogen) atoms. The number of rotatable bonds is 5. The minimum absolute atomic E-state index is 0.187. The summed E-state index contributed by atoms with van der Waals surface area (Å²) in [4.78, 5) is 28.1. The Labute approximate surface area is 177 Å². The SMILES string of the molecule is O=C(NC1(CO)CCN(c2nccn3cccc23)C1)C1=NC(c2ccc(F)cc2)N=C1. The summed E-state index contributed by atoms with van der Waals surface area (Å²) >= 11 is 0. The molecule has 2 aromatic heterocycles. The smallest absolute Gasteiger partial charge is 0.271 e. The van der Waals surface area contributed by atoms with E-state index in [1.165, 1.54) is 18.3 Å². The van der Waals surface area contributed by atoms with Crippen molar-refractivity contribution in [3.63, 3.8) is 0 Å². The van der Waals surface area contributed by atoms with Gasteiger partial charge in [0.1, 0.15) is 11.5 Å². The van der Waals surface area contributed by atoms with Gasteiger partial charge in [-0.3, -0.25) is 9.79 Å². The molecule has 0 saturated carbocycles. The number of carbonyl (C=O) groups excluding carboxylic acids is 1. The van der Waals surface area contributed by atoms with E-state index in [-0.39, 0.29) is 18.1 Å². The Morgan fingerprint density at radius 3 is 2.90 bits per heavy atom. The third kappa shape index (κ3) is 3.57. The number of aliphatic hydroxyl groups excluding tert-OH is 1. The molecule has 2 aliphatic rings. The molecule has 0 bridgehead atoms. The first-order valence-corrected chi connectivity index (χ1v) is 10.0. The summed E-state index contributed by atoms with van der Waals surface area (Å²) in [6.07, 6.45) is 6.99. The number of amides is 1. The van der Waals surface area contributed by atoms with Crippen molar-refractivity contribution in [2.24, 2.45) is 9.98 Å². The van der Waals surface area contributed by atoms with E-state index in [1.807, 2.05) is 28.9 Å². The van der Waals surface area contributed by atoms with Crippen LogP contribution in [0.1, 0.15) is 18.2 Å². The lowest BCUT2D eigenvalue weighted by molar-refractivity contribution is -0.116. The average Bonchev–Trinajstić information content (AvgIpc) is 3.53. The molecule has 1 aromatic carbocycles. The number of aliphatic imine (C=N–C) groups is 2. The zero-order valence-electron chi connectivity index (χ0n) is 16.6. The van der Waals surface area contributed by atoms with Crippen LogP contribution >= 0.6 is 0 Å². The lowest BCUT2D eigenvalue weighted by Gasteiger charge is -2.28. The number of aliphatic hydroxyl groups is 1. The number of halogens is 1. The van der Waals surface area contributed by atoms with Gasteiger partial charge in [0.25, 0.3) is 5.91 Å². The van der Waals surface area contributed by atoms with Crippen LogP contribution in [0.5, 0.6) is 0 Å². The number of nitrogens with one attached hydrogen (secondary N) is 1. The number of hydrogen-bond donors (Lipinski definition) is 2. The van der Waals surface area contributed by atoms with Gasteiger partial charge in [-0.15, -0.1) is 0 Å². The maximum absolute atomic E-state index is 13.1. The standard InChI is InChI=1S/C22H21FN6O2/c23-16-5-3-15(4-6-16)19-25-12-17(26-19)21(31)27-22(14-30)7-10-29(13-22)20-18-2-1-9-28(18)11-8-24-20/h1-6,8-9,11-12,19,30H,7,10,13-14H2,(H,27,31). The van der Waals surface area contributed by atoms with E-state index in [9.17, 15) is 14.3 Å². The quantitative estimate of drug-likeness (QED) is 0.658.